The van der Waals surface area contributed by atoms with Crippen LogP contribution in [0.5, 0.6) is 5.75 Å². The second-order valence-electron chi connectivity index (χ2n) is 9.89. The van der Waals surface area contributed by atoms with Crippen LogP contribution in [0.25, 0.3) is 6.08 Å². The first-order valence-corrected chi connectivity index (χ1v) is 15.5. The molecular weight excluding hydrogens is 604 g/mol. The van der Waals surface area contributed by atoms with Crippen LogP contribution < -0.4 is 15.4 Å². The molecule has 5 aromatic rings. The average molecular weight is 633 g/mol. The van der Waals surface area contributed by atoms with E-state index in [9.17, 15) is 14.4 Å². The molecule has 0 unspecified atom stereocenters. The van der Waals surface area contributed by atoms with Gasteiger partial charge in [0, 0.05) is 21.7 Å². The van der Waals surface area contributed by atoms with Crippen LogP contribution in [0, 0.1) is 0 Å². The van der Waals surface area contributed by atoms with Gasteiger partial charge in [-0.05, 0) is 77.9 Å². The van der Waals surface area contributed by atoms with Gasteiger partial charge in [-0.15, -0.1) is 11.8 Å². The molecule has 2 amide bonds. The Kier molecular flexibility index (Phi) is 10.8. The summed E-state index contributed by atoms with van der Waals surface area (Å²) >= 11 is 7.52. The molecule has 0 bridgehead atoms. The van der Waals surface area contributed by atoms with Crippen LogP contribution in [0.2, 0.25) is 5.02 Å². The fraction of sp³-hybridized carbons (Fsp3) is 0.0541. The summed E-state index contributed by atoms with van der Waals surface area (Å²) < 4.78 is 5.87. The third-order valence-corrected chi connectivity index (χ3v) is 7.97. The number of amides is 2. The Morgan fingerprint density at radius 1 is 0.733 bits per heavy atom. The normalized spacial score (nSPS) is 11.0. The molecule has 0 spiro atoms. The van der Waals surface area contributed by atoms with Gasteiger partial charge in [-0.1, -0.05) is 84.4 Å². The standard InChI is InChI=1S/C37H29ClN2O4S/c38-33-14-8-7-13-32(33)35(41)25-45-31-21-17-29(18-22-31)39-37(43)34(40-36(42)28-11-5-2-6-12-28)23-26-15-19-30(20-16-26)44-24-27-9-3-1-4-10-27/h1-23H,24-25H2,(H,39,43)(H,40,42)/b34-23-. The van der Waals surface area contributed by atoms with Gasteiger partial charge in [0.25, 0.3) is 11.8 Å². The molecule has 8 heteroatoms. The van der Waals surface area contributed by atoms with Crippen LogP contribution in [-0.4, -0.2) is 23.4 Å². The van der Waals surface area contributed by atoms with Crippen LogP contribution in [0.4, 0.5) is 5.69 Å². The van der Waals surface area contributed by atoms with E-state index >= 15 is 0 Å². The number of halogens is 1. The van der Waals surface area contributed by atoms with Gasteiger partial charge >= 0.3 is 0 Å². The Morgan fingerprint density at radius 3 is 2.07 bits per heavy atom. The van der Waals surface area contributed by atoms with E-state index in [1.807, 2.05) is 72.8 Å². The Labute approximate surface area is 271 Å². The molecule has 0 aliphatic carbocycles. The lowest BCUT2D eigenvalue weighted by Gasteiger charge is -2.12. The number of rotatable bonds is 12. The number of Topliss-reactive ketones (excluding diaryl/α,β-unsaturated/α-hetero) is 1. The number of anilines is 1. The number of carbonyl (C=O) groups excluding carboxylic acids is 3. The Hall–Kier alpha value is -5.11. The highest BCUT2D eigenvalue weighted by molar-refractivity contribution is 8.00. The lowest BCUT2D eigenvalue weighted by Crippen LogP contribution is -2.30. The molecule has 45 heavy (non-hydrogen) atoms. The van der Waals surface area contributed by atoms with Gasteiger partial charge in [-0.25, -0.2) is 0 Å². The maximum absolute atomic E-state index is 13.4. The van der Waals surface area contributed by atoms with Crippen molar-refractivity contribution in [3.63, 3.8) is 0 Å². The minimum absolute atomic E-state index is 0.0669. The van der Waals surface area contributed by atoms with Crippen molar-refractivity contribution in [2.24, 2.45) is 0 Å². The second-order valence-corrected chi connectivity index (χ2v) is 11.3. The largest absolute Gasteiger partial charge is 0.489 e. The van der Waals surface area contributed by atoms with Crippen molar-refractivity contribution in [1.29, 1.82) is 0 Å². The van der Waals surface area contributed by atoms with Crippen molar-refractivity contribution in [3.8, 4) is 5.75 Å². The third kappa shape index (κ3) is 9.19. The molecule has 0 saturated heterocycles. The third-order valence-electron chi connectivity index (χ3n) is 6.62. The summed E-state index contributed by atoms with van der Waals surface area (Å²) in [7, 11) is 0. The molecule has 0 radical (unpaired) electrons. The summed E-state index contributed by atoms with van der Waals surface area (Å²) in [6, 6.07) is 39.9. The molecular formula is C37H29ClN2O4S. The van der Waals surface area contributed by atoms with Crippen LogP contribution in [-0.2, 0) is 11.4 Å². The van der Waals surface area contributed by atoms with E-state index in [4.69, 9.17) is 16.3 Å². The molecule has 0 heterocycles. The van der Waals surface area contributed by atoms with Crippen molar-refractivity contribution in [1.82, 2.24) is 5.32 Å². The van der Waals surface area contributed by atoms with Crippen molar-refractivity contribution in [2.75, 3.05) is 11.1 Å². The molecule has 0 aliphatic heterocycles. The number of ketones is 1. The maximum atomic E-state index is 13.4. The first kappa shape index (κ1) is 31.3. The SMILES string of the molecule is O=C(Nc1ccc(SCC(=O)c2ccccc2Cl)cc1)/C(=C/c1ccc(OCc2ccccc2)cc1)NC(=O)c1ccccc1. The molecule has 5 rings (SSSR count). The van der Waals surface area contributed by atoms with Gasteiger partial charge in [0.1, 0.15) is 18.1 Å². The van der Waals surface area contributed by atoms with Gasteiger partial charge in [-0.2, -0.15) is 0 Å². The molecule has 0 saturated carbocycles. The second kappa shape index (κ2) is 15.6. The number of hydrogen-bond acceptors (Lipinski definition) is 5. The zero-order valence-electron chi connectivity index (χ0n) is 24.1. The van der Waals surface area contributed by atoms with Crippen molar-refractivity contribution in [3.05, 3.63) is 166 Å². The summed E-state index contributed by atoms with van der Waals surface area (Å²) in [6.07, 6.45) is 1.61. The van der Waals surface area contributed by atoms with Crippen LogP contribution in [0.15, 0.2) is 144 Å². The quantitative estimate of drug-likeness (QED) is 0.0821. The van der Waals surface area contributed by atoms with Gasteiger partial charge in [0.2, 0.25) is 0 Å². The number of benzene rings is 5. The predicted octanol–water partition coefficient (Wildman–Crippen LogP) is 8.30. The number of nitrogens with one attached hydrogen (secondary N) is 2. The minimum atomic E-state index is -0.488. The van der Waals surface area contributed by atoms with E-state index in [-0.39, 0.29) is 17.2 Å². The topological polar surface area (TPSA) is 84.5 Å². The summed E-state index contributed by atoms with van der Waals surface area (Å²) in [6.45, 7) is 0.436. The average Bonchev–Trinajstić information content (AvgIpc) is 3.08. The lowest BCUT2D eigenvalue weighted by molar-refractivity contribution is -0.113. The van der Waals surface area contributed by atoms with E-state index in [1.165, 1.54) is 11.8 Å². The Balaban J connectivity index is 1.26. The van der Waals surface area contributed by atoms with Gasteiger partial charge in [-0.3, -0.25) is 14.4 Å². The Bertz CT molecular complexity index is 1790. The minimum Gasteiger partial charge on any atom is -0.489 e. The monoisotopic (exact) mass is 632 g/mol. The number of hydrogen-bond donors (Lipinski definition) is 2. The first-order chi connectivity index (χ1) is 21.9. The van der Waals surface area contributed by atoms with E-state index < -0.39 is 11.8 Å². The molecule has 5 aromatic carbocycles. The molecule has 2 N–H and O–H groups in total. The zero-order chi connectivity index (χ0) is 31.4. The molecule has 0 fully saturated rings. The molecule has 0 atom stereocenters. The molecule has 0 aliphatic rings. The van der Waals surface area contributed by atoms with E-state index in [0.717, 1.165) is 10.5 Å². The summed E-state index contributed by atoms with van der Waals surface area (Å²) in [5.41, 5.74) is 3.28. The van der Waals surface area contributed by atoms with Crippen LogP contribution >= 0.6 is 23.4 Å². The summed E-state index contributed by atoms with van der Waals surface area (Å²) in [5.74, 6) is -0.0542. The first-order valence-electron chi connectivity index (χ1n) is 14.1. The highest BCUT2D eigenvalue weighted by Gasteiger charge is 2.16. The smallest absolute Gasteiger partial charge is 0.272 e. The molecule has 0 aromatic heterocycles. The van der Waals surface area contributed by atoms with Crippen molar-refractivity contribution < 1.29 is 19.1 Å². The summed E-state index contributed by atoms with van der Waals surface area (Å²) in [5, 5.41) is 6.04. The number of ether oxygens (including phenoxy) is 1. The Morgan fingerprint density at radius 2 is 1.38 bits per heavy atom. The highest BCUT2D eigenvalue weighted by atomic mass is 35.5. The van der Waals surface area contributed by atoms with Gasteiger partial charge in [0.05, 0.1) is 10.8 Å². The maximum Gasteiger partial charge on any atom is 0.272 e. The van der Waals surface area contributed by atoms with Crippen LogP contribution in [0.3, 0.4) is 0 Å². The fourth-order valence-corrected chi connectivity index (χ4v) is 5.28. The van der Waals surface area contributed by atoms with Crippen molar-refractivity contribution >= 4 is 52.7 Å². The van der Waals surface area contributed by atoms with Crippen LogP contribution in [0.1, 0.15) is 31.8 Å². The number of thioether (sulfide) groups is 1. The van der Waals surface area contributed by atoms with E-state index in [1.54, 1.807) is 66.7 Å². The number of carbonyl (C=O) groups is 3. The fourth-order valence-electron chi connectivity index (χ4n) is 4.26. The zero-order valence-corrected chi connectivity index (χ0v) is 25.7. The predicted molar refractivity (Wildman–Crippen MR) is 181 cm³/mol. The highest BCUT2D eigenvalue weighted by Crippen LogP contribution is 2.24. The van der Waals surface area contributed by atoms with E-state index in [0.29, 0.717) is 39.8 Å². The summed E-state index contributed by atoms with van der Waals surface area (Å²) in [4.78, 5) is 39.8. The lowest BCUT2D eigenvalue weighted by atomic mass is 10.1. The molecule has 6 nitrogen and oxygen atoms in total. The van der Waals surface area contributed by atoms with Gasteiger partial charge < -0.3 is 15.4 Å². The van der Waals surface area contributed by atoms with Crippen molar-refractivity contribution in [2.45, 2.75) is 11.5 Å². The van der Waals surface area contributed by atoms with Gasteiger partial charge in [0.15, 0.2) is 5.78 Å². The van der Waals surface area contributed by atoms with E-state index in [2.05, 4.69) is 10.6 Å². The molecule has 224 valence electrons.